The molecule has 0 fully saturated rings. The van der Waals surface area contributed by atoms with Crippen LogP contribution in [0.4, 0.5) is 11.4 Å². The SMILES string of the molecule is COc1ccc(NC(=O)c2cc3c([nH]c2=O)CC(C)(C)CC3=O)cc1NS(C)(=O)=O. The zero-order valence-electron chi connectivity index (χ0n) is 17.1. The molecule has 0 unspecified atom stereocenters. The van der Waals surface area contributed by atoms with Crippen LogP contribution in [0, 0.1) is 5.41 Å². The van der Waals surface area contributed by atoms with Crippen LogP contribution in [0.25, 0.3) is 0 Å². The first-order chi connectivity index (χ1) is 13.9. The number of fused-ring (bicyclic) bond motifs is 1. The van der Waals surface area contributed by atoms with Gasteiger partial charge in [-0.3, -0.25) is 19.1 Å². The molecule has 1 aliphatic carbocycles. The van der Waals surface area contributed by atoms with Gasteiger partial charge in [-0.15, -0.1) is 0 Å². The van der Waals surface area contributed by atoms with Gasteiger partial charge in [0.15, 0.2) is 5.78 Å². The Hall–Kier alpha value is -3.14. The molecule has 0 spiro atoms. The smallest absolute Gasteiger partial charge is 0.261 e. The average molecular weight is 433 g/mol. The molecule has 0 saturated carbocycles. The topological polar surface area (TPSA) is 134 Å². The fourth-order valence-electron chi connectivity index (χ4n) is 3.46. The number of nitrogens with one attached hydrogen (secondary N) is 3. The molecule has 3 N–H and O–H groups in total. The number of Topliss-reactive ketones (excluding diaryl/α,β-unsaturated/α-hetero) is 1. The van der Waals surface area contributed by atoms with Crippen molar-refractivity contribution in [2.45, 2.75) is 26.7 Å². The van der Waals surface area contributed by atoms with E-state index < -0.39 is 21.5 Å². The molecule has 30 heavy (non-hydrogen) atoms. The second-order valence-electron chi connectivity index (χ2n) is 8.09. The van der Waals surface area contributed by atoms with E-state index in [1.165, 1.54) is 31.4 Å². The van der Waals surface area contributed by atoms with E-state index in [0.29, 0.717) is 24.1 Å². The first-order valence-corrected chi connectivity index (χ1v) is 11.0. The second kappa shape index (κ2) is 7.60. The lowest BCUT2D eigenvalue weighted by Crippen LogP contribution is -2.32. The summed E-state index contributed by atoms with van der Waals surface area (Å²) in [6.45, 7) is 3.89. The maximum atomic E-state index is 12.7. The molecule has 10 heteroatoms. The van der Waals surface area contributed by atoms with E-state index in [4.69, 9.17) is 4.74 Å². The van der Waals surface area contributed by atoms with E-state index in [1.54, 1.807) is 0 Å². The summed E-state index contributed by atoms with van der Waals surface area (Å²) in [5.74, 6) is -0.582. The minimum atomic E-state index is -3.58. The molecule has 0 aliphatic heterocycles. The van der Waals surface area contributed by atoms with Gasteiger partial charge in [0.25, 0.3) is 11.5 Å². The summed E-state index contributed by atoms with van der Waals surface area (Å²) in [5, 5.41) is 2.55. The summed E-state index contributed by atoms with van der Waals surface area (Å²) < 4.78 is 30.5. The Balaban J connectivity index is 1.92. The average Bonchev–Trinajstić information content (AvgIpc) is 2.59. The molecule has 0 radical (unpaired) electrons. The number of H-pyrrole nitrogens is 1. The van der Waals surface area contributed by atoms with E-state index >= 15 is 0 Å². The van der Waals surface area contributed by atoms with Gasteiger partial charge in [0.1, 0.15) is 11.3 Å². The number of benzene rings is 1. The fraction of sp³-hybridized carbons (Fsp3) is 0.350. The standard InChI is InChI=1S/C20H23N3O6S/c1-20(2)9-15-12(16(24)10-20)8-13(19(26)22-15)18(25)21-11-5-6-17(29-3)14(7-11)23-30(4,27)28/h5-8,23H,9-10H2,1-4H3,(H,21,25)(H,22,26). The van der Waals surface area contributed by atoms with E-state index in [1.807, 2.05) is 13.8 Å². The van der Waals surface area contributed by atoms with Crippen LogP contribution in [0.3, 0.4) is 0 Å². The van der Waals surface area contributed by atoms with Crippen LogP contribution in [0.15, 0.2) is 29.1 Å². The summed E-state index contributed by atoms with van der Waals surface area (Å²) in [5.41, 5.74) is 0.194. The van der Waals surface area contributed by atoms with Crippen molar-refractivity contribution in [3.05, 3.63) is 51.4 Å². The molecule has 9 nitrogen and oxygen atoms in total. The first-order valence-electron chi connectivity index (χ1n) is 9.15. The molecular weight excluding hydrogens is 410 g/mol. The van der Waals surface area contributed by atoms with E-state index in [9.17, 15) is 22.8 Å². The Morgan fingerprint density at radius 3 is 2.50 bits per heavy atom. The Morgan fingerprint density at radius 2 is 1.87 bits per heavy atom. The quantitative estimate of drug-likeness (QED) is 0.661. The number of carbonyl (C=O) groups is 2. The molecule has 0 saturated heterocycles. The summed E-state index contributed by atoms with van der Waals surface area (Å²) >= 11 is 0. The largest absolute Gasteiger partial charge is 0.495 e. The van der Waals surface area contributed by atoms with Crippen molar-refractivity contribution in [2.24, 2.45) is 5.41 Å². The lowest BCUT2D eigenvalue weighted by molar-refractivity contribution is 0.0910. The van der Waals surface area contributed by atoms with Crippen molar-refractivity contribution in [2.75, 3.05) is 23.4 Å². The van der Waals surface area contributed by atoms with Gasteiger partial charge >= 0.3 is 0 Å². The number of carbonyl (C=O) groups excluding carboxylic acids is 2. The van der Waals surface area contributed by atoms with E-state index in [-0.39, 0.29) is 33.9 Å². The number of ketones is 1. The first kappa shape index (κ1) is 21.6. The van der Waals surface area contributed by atoms with Gasteiger partial charge in [0.05, 0.1) is 19.1 Å². The highest BCUT2D eigenvalue weighted by molar-refractivity contribution is 7.92. The van der Waals surface area contributed by atoms with Gasteiger partial charge in [0, 0.05) is 23.4 Å². The van der Waals surface area contributed by atoms with Crippen molar-refractivity contribution in [3.63, 3.8) is 0 Å². The highest BCUT2D eigenvalue weighted by Crippen LogP contribution is 2.33. The molecule has 0 atom stereocenters. The number of amides is 1. The number of anilines is 2. The molecule has 1 heterocycles. The second-order valence-corrected chi connectivity index (χ2v) is 9.84. The molecular formula is C20H23N3O6S. The van der Waals surface area contributed by atoms with Crippen LogP contribution in [-0.2, 0) is 16.4 Å². The van der Waals surface area contributed by atoms with Gasteiger partial charge in [-0.05, 0) is 36.1 Å². The Bertz CT molecular complexity index is 1200. The number of pyridine rings is 1. The molecule has 0 bridgehead atoms. The van der Waals surface area contributed by atoms with Crippen molar-refractivity contribution in [1.82, 2.24) is 4.98 Å². The zero-order chi connectivity index (χ0) is 22.3. The molecule has 1 aromatic heterocycles. The monoisotopic (exact) mass is 433 g/mol. The van der Waals surface area contributed by atoms with Crippen LogP contribution in [0.1, 0.15) is 46.7 Å². The molecule has 1 aromatic carbocycles. The van der Waals surface area contributed by atoms with Crippen LogP contribution >= 0.6 is 0 Å². The van der Waals surface area contributed by atoms with Crippen LogP contribution in [0.2, 0.25) is 0 Å². The van der Waals surface area contributed by atoms with Crippen molar-refractivity contribution < 1.29 is 22.7 Å². The van der Waals surface area contributed by atoms with E-state index in [2.05, 4.69) is 15.0 Å². The summed E-state index contributed by atoms with van der Waals surface area (Å²) in [7, 11) is -2.19. The lowest BCUT2D eigenvalue weighted by atomic mass is 9.75. The third-order valence-electron chi connectivity index (χ3n) is 4.72. The zero-order valence-corrected chi connectivity index (χ0v) is 17.9. The summed E-state index contributed by atoms with van der Waals surface area (Å²) in [6.07, 6.45) is 1.85. The third-order valence-corrected chi connectivity index (χ3v) is 5.31. The minimum absolute atomic E-state index is 0.129. The number of hydrogen-bond donors (Lipinski definition) is 3. The minimum Gasteiger partial charge on any atom is -0.495 e. The molecule has 2 aromatic rings. The molecule has 3 rings (SSSR count). The molecule has 160 valence electrons. The summed E-state index contributed by atoms with van der Waals surface area (Å²) in [4.78, 5) is 40.3. The number of rotatable bonds is 5. The highest BCUT2D eigenvalue weighted by atomic mass is 32.2. The predicted octanol–water partition coefficient (Wildman–Crippen LogP) is 2.16. The van der Waals surface area contributed by atoms with Gasteiger partial charge in [-0.25, -0.2) is 8.42 Å². The maximum Gasteiger partial charge on any atom is 0.261 e. The van der Waals surface area contributed by atoms with Gasteiger partial charge in [-0.1, -0.05) is 13.8 Å². The fourth-order valence-corrected chi connectivity index (χ4v) is 4.02. The Morgan fingerprint density at radius 1 is 1.17 bits per heavy atom. The Kier molecular flexibility index (Phi) is 5.46. The lowest BCUT2D eigenvalue weighted by Gasteiger charge is -2.29. The summed E-state index contributed by atoms with van der Waals surface area (Å²) in [6, 6.07) is 5.68. The van der Waals surface area contributed by atoms with E-state index in [0.717, 1.165) is 6.26 Å². The number of ether oxygens (including phenoxy) is 1. The highest BCUT2D eigenvalue weighted by Gasteiger charge is 2.32. The van der Waals surface area contributed by atoms with Gasteiger partial charge in [0.2, 0.25) is 10.0 Å². The number of hydrogen-bond acceptors (Lipinski definition) is 6. The molecule has 1 aliphatic rings. The molecule has 1 amide bonds. The van der Waals surface area contributed by atoms with Crippen molar-refractivity contribution in [1.29, 1.82) is 0 Å². The van der Waals surface area contributed by atoms with Crippen LogP contribution < -0.4 is 20.3 Å². The number of aromatic nitrogens is 1. The van der Waals surface area contributed by atoms with Crippen LogP contribution in [0.5, 0.6) is 5.75 Å². The maximum absolute atomic E-state index is 12.7. The van der Waals surface area contributed by atoms with Crippen molar-refractivity contribution in [3.8, 4) is 5.75 Å². The number of aromatic amines is 1. The third kappa shape index (κ3) is 4.70. The predicted molar refractivity (Wildman–Crippen MR) is 113 cm³/mol. The van der Waals surface area contributed by atoms with Crippen LogP contribution in [-0.4, -0.2) is 38.5 Å². The van der Waals surface area contributed by atoms with Gasteiger partial charge in [-0.2, -0.15) is 0 Å². The number of methoxy groups -OCH3 is 1. The normalized spacial score (nSPS) is 15.3. The Labute approximate surface area is 173 Å². The number of sulfonamides is 1. The van der Waals surface area contributed by atoms with Gasteiger partial charge < -0.3 is 15.0 Å². The van der Waals surface area contributed by atoms with Crippen molar-refractivity contribution >= 4 is 33.1 Å².